The summed E-state index contributed by atoms with van der Waals surface area (Å²) in [7, 11) is 0. The van der Waals surface area contributed by atoms with Gasteiger partial charge >= 0.3 is 5.97 Å². The fourth-order valence-corrected chi connectivity index (χ4v) is 1.53. The van der Waals surface area contributed by atoms with Gasteiger partial charge < -0.3 is 10.4 Å². The van der Waals surface area contributed by atoms with Crippen molar-refractivity contribution in [1.82, 2.24) is 4.98 Å². The quantitative estimate of drug-likeness (QED) is 0.895. The van der Waals surface area contributed by atoms with E-state index in [2.05, 4.69) is 10.3 Å². The number of rotatable bonds is 3. The molecule has 0 spiro atoms. The molecule has 0 bridgehead atoms. The molecule has 0 saturated heterocycles. The second-order valence-electron chi connectivity index (χ2n) is 3.46. The molecule has 92 valence electrons. The molecule has 0 amide bonds. The van der Waals surface area contributed by atoms with Crippen LogP contribution in [0.1, 0.15) is 10.5 Å². The Labute approximate surface area is 107 Å². The largest absolute Gasteiger partial charge is 0.477 e. The summed E-state index contributed by atoms with van der Waals surface area (Å²) in [4.78, 5) is 14.6. The SMILES string of the molecule is O=C(O)c1cccc(Nc2cc(Cl)ccc2F)n1. The molecule has 0 radical (unpaired) electrons. The smallest absolute Gasteiger partial charge is 0.354 e. The minimum Gasteiger partial charge on any atom is -0.477 e. The van der Waals surface area contributed by atoms with Crippen molar-refractivity contribution in [2.75, 3.05) is 5.32 Å². The van der Waals surface area contributed by atoms with Gasteiger partial charge in [0.1, 0.15) is 11.6 Å². The Morgan fingerprint density at radius 3 is 2.83 bits per heavy atom. The first-order valence-electron chi connectivity index (χ1n) is 4.98. The van der Waals surface area contributed by atoms with Gasteiger partial charge in [0.05, 0.1) is 5.69 Å². The van der Waals surface area contributed by atoms with Crippen LogP contribution in [0.25, 0.3) is 0 Å². The van der Waals surface area contributed by atoms with Crippen LogP contribution in [0, 0.1) is 5.82 Å². The van der Waals surface area contributed by atoms with Gasteiger partial charge in [-0.3, -0.25) is 0 Å². The fourth-order valence-electron chi connectivity index (χ4n) is 1.35. The molecule has 1 aromatic heterocycles. The van der Waals surface area contributed by atoms with Crippen LogP contribution in [-0.4, -0.2) is 16.1 Å². The van der Waals surface area contributed by atoms with Crippen molar-refractivity contribution in [3.63, 3.8) is 0 Å². The van der Waals surface area contributed by atoms with Gasteiger partial charge in [0.2, 0.25) is 0 Å². The maximum Gasteiger partial charge on any atom is 0.354 e. The van der Waals surface area contributed by atoms with Crippen molar-refractivity contribution in [3.8, 4) is 0 Å². The van der Waals surface area contributed by atoms with Crippen molar-refractivity contribution < 1.29 is 14.3 Å². The van der Waals surface area contributed by atoms with Crippen LogP contribution in [0.2, 0.25) is 5.02 Å². The number of nitrogens with zero attached hydrogens (tertiary/aromatic N) is 1. The van der Waals surface area contributed by atoms with Crippen molar-refractivity contribution >= 4 is 29.1 Å². The number of aromatic nitrogens is 1. The summed E-state index contributed by atoms with van der Waals surface area (Å²) in [6.45, 7) is 0. The molecule has 4 nitrogen and oxygen atoms in total. The van der Waals surface area contributed by atoms with Crippen molar-refractivity contribution in [1.29, 1.82) is 0 Å². The number of carbonyl (C=O) groups is 1. The fraction of sp³-hybridized carbons (Fsp3) is 0. The van der Waals surface area contributed by atoms with Crippen LogP contribution >= 0.6 is 11.6 Å². The normalized spacial score (nSPS) is 10.1. The van der Waals surface area contributed by atoms with Crippen LogP contribution in [0.3, 0.4) is 0 Å². The zero-order valence-corrected chi connectivity index (χ0v) is 9.78. The minimum atomic E-state index is -1.15. The Balaban J connectivity index is 2.31. The van der Waals surface area contributed by atoms with Crippen molar-refractivity contribution in [2.45, 2.75) is 0 Å². The number of pyridine rings is 1. The highest BCUT2D eigenvalue weighted by Crippen LogP contribution is 2.22. The first kappa shape index (κ1) is 12.3. The number of anilines is 2. The third kappa shape index (κ3) is 2.75. The second-order valence-corrected chi connectivity index (χ2v) is 3.90. The van der Waals surface area contributed by atoms with Gasteiger partial charge in [-0.2, -0.15) is 0 Å². The molecule has 1 heterocycles. The van der Waals surface area contributed by atoms with E-state index in [0.29, 0.717) is 5.02 Å². The van der Waals surface area contributed by atoms with E-state index in [1.165, 1.54) is 36.4 Å². The highest BCUT2D eigenvalue weighted by Gasteiger charge is 2.07. The molecule has 0 fully saturated rings. The van der Waals surface area contributed by atoms with Gasteiger partial charge in [0, 0.05) is 5.02 Å². The minimum absolute atomic E-state index is 0.123. The van der Waals surface area contributed by atoms with Gasteiger partial charge in [0.25, 0.3) is 0 Å². The summed E-state index contributed by atoms with van der Waals surface area (Å²) in [6.07, 6.45) is 0. The van der Waals surface area contributed by atoms with Gasteiger partial charge in [-0.15, -0.1) is 0 Å². The first-order chi connectivity index (χ1) is 8.56. The van der Waals surface area contributed by atoms with E-state index >= 15 is 0 Å². The third-order valence-corrected chi connectivity index (χ3v) is 2.39. The van der Waals surface area contributed by atoms with Gasteiger partial charge in [-0.25, -0.2) is 14.2 Å². The van der Waals surface area contributed by atoms with E-state index in [-0.39, 0.29) is 17.2 Å². The summed E-state index contributed by atoms with van der Waals surface area (Å²) < 4.78 is 13.4. The predicted octanol–water partition coefficient (Wildman–Crippen LogP) is 3.32. The van der Waals surface area contributed by atoms with Crippen molar-refractivity contribution in [2.24, 2.45) is 0 Å². The average Bonchev–Trinajstić information content (AvgIpc) is 2.34. The number of aromatic carboxylic acids is 1. The van der Waals surface area contributed by atoms with Crippen LogP contribution in [-0.2, 0) is 0 Å². The van der Waals surface area contributed by atoms with Crippen LogP contribution in [0.5, 0.6) is 0 Å². The topological polar surface area (TPSA) is 62.2 Å². The Kier molecular flexibility index (Phi) is 3.43. The standard InChI is InChI=1S/C12H8ClFN2O2/c13-7-4-5-8(14)10(6-7)16-11-3-1-2-9(15-11)12(17)18/h1-6H,(H,15,16)(H,17,18). The van der Waals surface area contributed by atoms with E-state index in [0.717, 1.165) is 0 Å². The lowest BCUT2D eigenvalue weighted by molar-refractivity contribution is 0.0690. The number of carboxylic acids is 1. The molecule has 0 saturated carbocycles. The van der Waals surface area contributed by atoms with E-state index in [1.807, 2.05) is 0 Å². The number of nitrogens with one attached hydrogen (secondary N) is 1. The van der Waals surface area contributed by atoms with E-state index in [9.17, 15) is 9.18 Å². The Hall–Kier alpha value is -2.14. The number of hydrogen-bond donors (Lipinski definition) is 2. The third-order valence-electron chi connectivity index (χ3n) is 2.16. The predicted molar refractivity (Wildman–Crippen MR) is 65.9 cm³/mol. The number of carboxylic acid groups (broad SMARTS) is 1. The Bertz CT molecular complexity index is 604. The lowest BCUT2D eigenvalue weighted by Gasteiger charge is -2.07. The molecule has 2 rings (SSSR count). The molecule has 2 N–H and O–H groups in total. The highest BCUT2D eigenvalue weighted by atomic mass is 35.5. The van der Waals surface area contributed by atoms with Crippen LogP contribution in [0.4, 0.5) is 15.9 Å². The molecule has 0 atom stereocenters. The molecule has 0 aliphatic heterocycles. The maximum absolute atomic E-state index is 13.4. The van der Waals surface area contributed by atoms with Gasteiger partial charge in [-0.1, -0.05) is 17.7 Å². The lowest BCUT2D eigenvalue weighted by atomic mass is 10.3. The summed E-state index contributed by atoms with van der Waals surface area (Å²) in [6, 6.07) is 8.43. The summed E-state index contributed by atoms with van der Waals surface area (Å²) in [5.74, 6) is -1.41. The highest BCUT2D eigenvalue weighted by molar-refractivity contribution is 6.30. The summed E-state index contributed by atoms with van der Waals surface area (Å²) >= 11 is 5.74. The second kappa shape index (κ2) is 5.01. The Morgan fingerprint density at radius 1 is 1.33 bits per heavy atom. The number of halogens is 2. The van der Waals surface area contributed by atoms with E-state index in [4.69, 9.17) is 16.7 Å². The van der Waals surface area contributed by atoms with Gasteiger partial charge in [0.15, 0.2) is 5.69 Å². The monoisotopic (exact) mass is 266 g/mol. The maximum atomic E-state index is 13.4. The lowest BCUT2D eigenvalue weighted by Crippen LogP contribution is -2.03. The van der Waals surface area contributed by atoms with E-state index in [1.54, 1.807) is 0 Å². The molecule has 2 aromatic rings. The number of benzene rings is 1. The molecular weight excluding hydrogens is 259 g/mol. The van der Waals surface area contributed by atoms with Gasteiger partial charge in [-0.05, 0) is 30.3 Å². The summed E-state index contributed by atoms with van der Waals surface area (Å²) in [5, 5.41) is 11.8. The zero-order valence-electron chi connectivity index (χ0n) is 9.02. The molecule has 0 aliphatic rings. The summed E-state index contributed by atoms with van der Waals surface area (Å²) in [5.41, 5.74) is 0.0139. The molecule has 0 aliphatic carbocycles. The zero-order chi connectivity index (χ0) is 13.1. The molecular formula is C12H8ClFN2O2. The molecule has 18 heavy (non-hydrogen) atoms. The van der Waals surface area contributed by atoms with Crippen LogP contribution < -0.4 is 5.32 Å². The molecule has 0 unspecified atom stereocenters. The van der Waals surface area contributed by atoms with Crippen LogP contribution in [0.15, 0.2) is 36.4 Å². The number of hydrogen-bond acceptors (Lipinski definition) is 3. The molecule has 6 heteroatoms. The first-order valence-corrected chi connectivity index (χ1v) is 5.36. The average molecular weight is 267 g/mol. The molecule has 1 aromatic carbocycles. The van der Waals surface area contributed by atoms with E-state index < -0.39 is 11.8 Å². The Morgan fingerprint density at radius 2 is 2.11 bits per heavy atom. The van der Waals surface area contributed by atoms with Crippen molar-refractivity contribution in [3.05, 3.63) is 52.9 Å².